The van der Waals surface area contributed by atoms with Gasteiger partial charge in [0.25, 0.3) is 11.7 Å². The van der Waals surface area contributed by atoms with E-state index >= 15 is 0 Å². The molecular weight excluding hydrogens is 502 g/mol. The largest absolute Gasteiger partial charge is 0.507 e. The van der Waals surface area contributed by atoms with Gasteiger partial charge < -0.3 is 24.0 Å². The molecular formula is C25H24BrN3O5. The van der Waals surface area contributed by atoms with Gasteiger partial charge >= 0.3 is 0 Å². The van der Waals surface area contributed by atoms with Gasteiger partial charge in [-0.15, -0.1) is 0 Å². The number of benzene rings is 2. The lowest BCUT2D eigenvalue weighted by molar-refractivity contribution is -0.140. The molecule has 1 aliphatic rings. The van der Waals surface area contributed by atoms with Crippen LogP contribution in [0.4, 0.5) is 0 Å². The van der Waals surface area contributed by atoms with Crippen LogP contribution in [0, 0.1) is 0 Å². The van der Waals surface area contributed by atoms with Crippen molar-refractivity contribution in [2.45, 2.75) is 19.0 Å². The van der Waals surface area contributed by atoms with Crippen LogP contribution < -0.4 is 9.47 Å². The molecule has 0 radical (unpaired) electrons. The standard InChI is InChI=1S/C25H24BrN3O5/c1-33-18-8-9-19(20(14-18)34-2)22-21(23(30)16-4-6-17(26)7-5-16)24(31)25(32)29(22)12-3-11-28-13-10-27-15-28/h4-10,13-15,22,30H,3,11-12H2,1-2H3/b23-21+/t22-/m0/s1. The lowest BCUT2D eigenvalue weighted by atomic mass is 9.94. The molecule has 1 N–H and O–H groups in total. The zero-order chi connectivity index (χ0) is 24.2. The molecule has 0 aliphatic carbocycles. The van der Waals surface area contributed by atoms with Gasteiger partial charge in [-0.1, -0.05) is 28.1 Å². The number of Topliss-reactive ketones (excluding diaryl/α,β-unsaturated/α-hetero) is 1. The number of aliphatic hydroxyl groups is 1. The Morgan fingerprint density at radius 2 is 1.85 bits per heavy atom. The van der Waals surface area contributed by atoms with Crippen molar-refractivity contribution in [1.29, 1.82) is 0 Å². The van der Waals surface area contributed by atoms with E-state index < -0.39 is 17.7 Å². The number of halogens is 1. The lowest BCUT2D eigenvalue weighted by Gasteiger charge is -2.27. The van der Waals surface area contributed by atoms with Crippen LogP contribution in [0.1, 0.15) is 23.6 Å². The number of rotatable bonds is 8. The number of aliphatic hydroxyl groups excluding tert-OH is 1. The van der Waals surface area contributed by atoms with Gasteiger partial charge in [0.2, 0.25) is 0 Å². The molecule has 34 heavy (non-hydrogen) atoms. The van der Waals surface area contributed by atoms with Crippen molar-refractivity contribution < 1.29 is 24.2 Å². The van der Waals surface area contributed by atoms with Crippen LogP contribution in [0.2, 0.25) is 0 Å². The normalized spacial score (nSPS) is 17.3. The number of amides is 1. The summed E-state index contributed by atoms with van der Waals surface area (Å²) < 4.78 is 13.6. The first kappa shape index (κ1) is 23.6. The van der Waals surface area contributed by atoms with Crippen molar-refractivity contribution in [1.82, 2.24) is 14.5 Å². The predicted octanol–water partition coefficient (Wildman–Crippen LogP) is 4.17. The van der Waals surface area contributed by atoms with Crippen LogP contribution >= 0.6 is 15.9 Å². The summed E-state index contributed by atoms with van der Waals surface area (Å²) in [7, 11) is 3.06. The van der Waals surface area contributed by atoms with Crippen molar-refractivity contribution in [3.05, 3.63) is 82.4 Å². The maximum Gasteiger partial charge on any atom is 0.295 e. The second-order valence-electron chi connectivity index (χ2n) is 7.76. The molecule has 1 amide bonds. The molecule has 1 atom stereocenters. The Labute approximate surface area is 205 Å². The average molecular weight is 526 g/mol. The summed E-state index contributed by atoms with van der Waals surface area (Å²) in [5, 5.41) is 11.2. The van der Waals surface area contributed by atoms with Gasteiger partial charge in [0, 0.05) is 47.1 Å². The first-order valence-electron chi connectivity index (χ1n) is 10.7. The predicted molar refractivity (Wildman–Crippen MR) is 130 cm³/mol. The molecule has 9 heteroatoms. The number of carbonyl (C=O) groups is 2. The molecule has 0 saturated carbocycles. The number of ketones is 1. The quantitative estimate of drug-likeness (QED) is 0.269. The number of hydrogen-bond acceptors (Lipinski definition) is 6. The Bertz CT molecular complexity index is 1220. The minimum Gasteiger partial charge on any atom is -0.507 e. The van der Waals surface area contributed by atoms with E-state index in [1.165, 1.54) is 12.0 Å². The first-order chi connectivity index (χ1) is 16.4. The maximum absolute atomic E-state index is 13.2. The van der Waals surface area contributed by atoms with E-state index in [0.717, 1.165) is 4.47 Å². The van der Waals surface area contributed by atoms with Gasteiger partial charge in [0.1, 0.15) is 17.3 Å². The van der Waals surface area contributed by atoms with Crippen molar-refractivity contribution in [2.24, 2.45) is 0 Å². The molecule has 0 bridgehead atoms. The van der Waals surface area contributed by atoms with Crippen molar-refractivity contribution in [2.75, 3.05) is 20.8 Å². The number of carbonyl (C=O) groups excluding carboxylic acids is 2. The molecule has 2 aromatic carbocycles. The molecule has 3 aromatic rings. The van der Waals surface area contributed by atoms with Crippen molar-refractivity contribution in [3.63, 3.8) is 0 Å². The van der Waals surface area contributed by atoms with Crippen LogP contribution in [-0.2, 0) is 16.1 Å². The van der Waals surface area contributed by atoms with Crippen LogP contribution in [-0.4, -0.2) is 52.0 Å². The van der Waals surface area contributed by atoms with E-state index in [-0.39, 0.29) is 11.3 Å². The van der Waals surface area contributed by atoms with Crippen molar-refractivity contribution >= 4 is 33.4 Å². The Morgan fingerprint density at radius 3 is 2.50 bits per heavy atom. The highest BCUT2D eigenvalue weighted by molar-refractivity contribution is 9.10. The number of imidazole rings is 1. The third-order valence-corrected chi connectivity index (χ3v) is 6.30. The van der Waals surface area contributed by atoms with E-state index in [0.29, 0.717) is 42.1 Å². The van der Waals surface area contributed by atoms with Crippen LogP contribution in [0.15, 0.2) is 71.2 Å². The Hall–Kier alpha value is -3.59. The molecule has 0 spiro atoms. The fourth-order valence-electron chi connectivity index (χ4n) is 4.08. The van der Waals surface area contributed by atoms with Gasteiger partial charge in [0.15, 0.2) is 0 Å². The second kappa shape index (κ2) is 10.1. The van der Waals surface area contributed by atoms with Crippen LogP contribution in [0.3, 0.4) is 0 Å². The molecule has 1 saturated heterocycles. The van der Waals surface area contributed by atoms with Gasteiger partial charge in [-0.25, -0.2) is 4.98 Å². The summed E-state index contributed by atoms with van der Waals surface area (Å²) in [6.07, 6.45) is 5.82. The summed E-state index contributed by atoms with van der Waals surface area (Å²) in [6, 6.07) is 11.3. The van der Waals surface area contributed by atoms with Crippen molar-refractivity contribution in [3.8, 4) is 11.5 Å². The molecule has 1 aromatic heterocycles. The average Bonchev–Trinajstić information content (AvgIpc) is 3.46. The Morgan fingerprint density at radius 1 is 1.09 bits per heavy atom. The van der Waals surface area contributed by atoms with E-state index in [1.807, 2.05) is 10.8 Å². The lowest BCUT2D eigenvalue weighted by Crippen LogP contribution is -2.31. The topological polar surface area (TPSA) is 93.9 Å². The third kappa shape index (κ3) is 4.56. The second-order valence-corrected chi connectivity index (χ2v) is 8.68. The molecule has 8 nitrogen and oxygen atoms in total. The van der Waals surface area contributed by atoms with E-state index in [4.69, 9.17) is 9.47 Å². The number of likely N-dealkylation sites (tertiary alicyclic amines) is 1. The van der Waals surface area contributed by atoms with E-state index in [2.05, 4.69) is 20.9 Å². The summed E-state index contributed by atoms with van der Waals surface area (Å²) in [6.45, 7) is 0.932. The van der Waals surface area contributed by atoms with E-state index in [9.17, 15) is 14.7 Å². The number of nitrogens with zero attached hydrogens (tertiary/aromatic N) is 3. The molecule has 4 rings (SSSR count). The summed E-state index contributed by atoms with van der Waals surface area (Å²) >= 11 is 3.37. The highest BCUT2D eigenvalue weighted by atomic mass is 79.9. The number of aryl methyl sites for hydroxylation is 1. The number of ether oxygens (including phenoxy) is 2. The van der Waals surface area contributed by atoms with Gasteiger partial charge in [0.05, 0.1) is 32.2 Å². The SMILES string of the molecule is COc1ccc([C@H]2/C(=C(\O)c3ccc(Br)cc3)C(=O)C(=O)N2CCCn2ccnc2)c(OC)c1. The smallest absolute Gasteiger partial charge is 0.295 e. The fraction of sp³-hybridized carbons (Fsp3) is 0.240. The minimum absolute atomic E-state index is 0.0263. The van der Waals surface area contributed by atoms with Gasteiger partial charge in [-0.3, -0.25) is 9.59 Å². The highest BCUT2D eigenvalue weighted by Crippen LogP contribution is 2.43. The molecule has 1 aliphatic heterocycles. The number of methoxy groups -OCH3 is 2. The third-order valence-electron chi connectivity index (χ3n) is 5.77. The zero-order valence-corrected chi connectivity index (χ0v) is 20.4. The van der Waals surface area contributed by atoms with Crippen LogP contribution in [0.25, 0.3) is 5.76 Å². The monoisotopic (exact) mass is 525 g/mol. The molecule has 2 heterocycles. The Balaban J connectivity index is 1.79. The molecule has 176 valence electrons. The number of hydrogen-bond donors (Lipinski definition) is 1. The number of aromatic nitrogens is 2. The maximum atomic E-state index is 13.2. The Kier molecular flexibility index (Phi) is 7.02. The summed E-state index contributed by atoms with van der Waals surface area (Å²) in [5.41, 5.74) is 1.05. The highest BCUT2D eigenvalue weighted by Gasteiger charge is 2.46. The van der Waals surface area contributed by atoms with Gasteiger partial charge in [-0.2, -0.15) is 0 Å². The fourth-order valence-corrected chi connectivity index (χ4v) is 4.35. The minimum atomic E-state index is -0.813. The zero-order valence-electron chi connectivity index (χ0n) is 18.8. The summed E-state index contributed by atoms with van der Waals surface area (Å²) in [5.74, 6) is -0.595. The van der Waals surface area contributed by atoms with Gasteiger partial charge in [-0.05, 0) is 30.7 Å². The molecule has 0 unspecified atom stereocenters. The summed E-state index contributed by atoms with van der Waals surface area (Å²) in [4.78, 5) is 31.9. The van der Waals surface area contributed by atoms with E-state index in [1.54, 1.807) is 62.1 Å². The first-order valence-corrected chi connectivity index (χ1v) is 11.5. The molecule has 1 fully saturated rings. The van der Waals surface area contributed by atoms with Crippen LogP contribution in [0.5, 0.6) is 11.5 Å².